The van der Waals surface area contributed by atoms with Gasteiger partial charge < -0.3 is 11.1 Å². The Morgan fingerprint density at radius 3 is 2.90 bits per heavy atom. The monoisotopic (exact) mass is 283 g/mol. The van der Waals surface area contributed by atoms with Crippen molar-refractivity contribution in [2.45, 2.75) is 6.54 Å². The first-order valence-corrected chi connectivity index (χ1v) is 6.36. The number of hydrogen-bond acceptors (Lipinski definition) is 3. The zero-order chi connectivity index (χ0) is 15.1. The number of benzene rings is 1. The van der Waals surface area contributed by atoms with E-state index >= 15 is 0 Å². The molecule has 4 nitrogen and oxygen atoms in total. The predicted molar refractivity (Wildman–Crippen MR) is 77.7 cm³/mol. The molecule has 5 heteroatoms. The molecule has 0 saturated heterocycles. The van der Waals surface area contributed by atoms with E-state index in [1.165, 1.54) is 6.20 Å². The number of rotatable bonds is 3. The average Bonchev–Trinajstić information content (AvgIpc) is 2.51. The summed E-state index contributed by atoms with van der Waals surface area (Å²) < 4.78 is 13.0. The highest BCUT2D eigenvalue weighted by molar-refractivity contribution is 5.93. The molecule has 3 N–H and O–H groups in total. The van der Waals surface area contributed by atoms with Crippen LogP contribution in [-0.2, 0) is 6.54 Å². The van der Waals surface area contributed by atoms with Crippen molar-refractivity contribution in [3.05, 3.63) is 65.2 Å². The average molecular weight is 283 g/mol. The van der Waals surface area contributed by atoms with Gasteiger partial charge in [0.15, 0.2) is 0 Å². The number of hydrogen-bond donors (Lipinski definition) is 2. The molecule has 2 rings (SSSR count). The Bertz CT molecular complexity index is 704. The molecule has 2 aromatic rings. The number of carbonyl (C=O) groups excluding carboxylic acids is 1. The van der Waals surface area contributed by atoms with Crippen LogP contribution in [0.5, 0.6) is 0 Å². The molecule has 1 aromatic carbocycles. The normalized spacial score (nSPS) is 9.62. The van der Waals surface area contributed by atoms with Gasteiger partial charge in [0.05, 0.1) is 18.3 Å². The molecule has 0 aliphatic heterocycles. The highest BCUT2D eigenvalue weighted by atomic mass is 19.1. The predicted octanol–water partition coefficient (Wildman–Crippen LogP) is 1.46. The second kappa shape index (κ2) is 7.17. The van der Waals surface area contributed by atoms with Crippen molar-refractivity contribution in [2.24, 2.45) is 5.73 Å². The summed E-state index contributed by atoms with van der Waals surface area (Å²) >= 11 is 0. The summed E-state index contributed by atoms with van der Waals surface area (Å²) in [6.07, 6.45) is 2.37. The van der Waals surface area contributed by atoms with E-state index in [0.717, 1.165) is 23.4 Å². The first-order valence-electron chi connectivity index (χ1n) is 6.36. The Kier molecular flexibility index (Phi) is 5.02. The van der Waals surface area contributed by atoms with Crippen LogP contribution in [0.2, 0.25) is 0 Å². The van der Waals surface area contributed by atoms with Gasteiger partial charge in [-0.3, -0.25) is 9.78 Å². The summed E-state index contributed by atoms with van der Waals surface area (Å²) in [5, 5.41) is 2.71. The number of nitrogens with two attached hydrogens (primary N) is 1. The topological polar surface area (TPSA) is 68.0 Å². The van der Waals surface area contributed by atoms with Gasteiger partial charge in [0.2, 0.25) is 0 Å². The maximum atomic E-state index is 13.0. The number of nitrogens with one attached hydrogen (secondary N) is 1. The molecular formula is C16H14FN3O. The first-order chi connectivity index (χ1) is 10.2. The summed E-state index contributed by atoms with van der Waals surface area (Å²) in [4.78, 5) is 15.6. The van der Waals surface area contributed by atoms with Crippen LogP contribution in [0.25, 0.3) is 0 Å². The molecule has 1 aromatic heterocycles. The van der Waals surface area contributed by atoms with E-state index in [9.17, 15) is 9.18 Å². The van der Waals surface area contributed by atoms with Gasteiger partial charge in [-0.15, -0.1) is 0 Å². The minimum absolute atomic E-state index is 0.181. The number of carbonyl (C=O) groups is 1. The molecule has 0 radical (unpaired) electrons. The Morgan fingerprint density at radius 1 is 1.33 bits per heavy atom. The van der Waals surface area contributed by atoms with Crippen molar-refractivity contribution in [2.75, 3.05) is 6.54 Å². The van der Waals surface area contributed by atoms with Crippen molar-refractivity contribution < 1.29 is 9.18 Å². The smallest absolute Gasteiger partial charge is 0.253 e. The molecule has 0 atom stereocenters. The van der Waals surface area contributed by atoms with Gasteiger partial charge >= 0.3 is 0 Å². The van der Waals surface area contributed by atoms with E-state index < -0.39 is 5.82 Å². The van der Waals surface area contributed by atoms with E-state index in [1.54, 1.807) is 0 Å². The second-order valence-corrected chi connectivity index (χ2v) is 4.24. The standard InChI is InChI=1S/C16H14FN3O/c17-15-8-14(9-19-11-15)16(21)20-10-13-5-2-1-4-12(13)6-3-7-18/h1-2,4-5,8-9,11H,7,10,18H2,(H,20,21). The van der Waals surface area contributed by atoms with E-state index in [2.05, 4.69) is 22.1 Å². The first kappa shape index (κ1) is 14.7. The summed E-state index contributed by atoms with van der Waals surface area (Å²) in [5.41, 5.74) is 7.21. The van der Waals surface area contributed by atoms with Crippen molar-refractivity contribution in [1.82, 2.24) is 10.3 Å². The van der Waals surface area contributed by atoms with Gasteiger partial charge in [0.1, 0.15) is 5.82 Å². The molecule has 0 spiro atoms. The van der Waals surface area contributed by atoms with Gasteiger partial charge in [0.25, 0.3) is 5.91 Å². The summed E-state index contributed by atoms with van der Waals surface area (Å²) in [6.45, 7) is 0.570. The molecule has 0 fully saturated rings. The zero-order valence-electron chi connectivity index (χ0n) is 11.3. The van der Waals surface area contributed by atoms with Crippen LogP contribution >= 0.6 is 0 Å². The zero-order valence-corrected chi connectivity index (χ0v) is 11.3. The fourth-order valence-electron chi connectivity index (χ4n) is 1.76. The summed E-state index contributed by atoms with van der Waals surface area (Å²) in [6, 6.07) is 8.59. The molecule has 1 amide bonds. The second-order valence-electron chi connectivity index (χ2n) is 4.24. The van der Waals surface area contributed by atoms with Crippen LogP contribution in [-0.4, -0.2) is 17.4 Å². The number of halogens is 1. The van der Waals surface area contributed by atoms with E-state index in [4.69, 9.17) is 5.73 Å². The number of pyridine rings is 1. The molecule has 106 valence electrons. The number of amides is 1. The van der Waals surface area contributed by atoms with Gasteiger partial charge in [-0.25, -0.2) is 4.39 Å². The fourth-order valence-corrected chi connectivity index (χ4v) is 1.76. The fraction of sp³-hybridized carbons (Fsp3) is 0.125. The molecule has 0 aliphatic rings. The van der Waals surface area contributed by atoms with Crippen molar-refractivity contribution in [3.8, 4) is 11.8 Å². The number of aromatic nitrogens is 1. The van der Waals surface area contributed by atoms with E-state index in [1.807, 2.05) is 24.3 Å². The maximum Gasteiger partial charge on any atom is 0.253 e. The minimum Gasteiger partial charge on any atom is -0.348 e. The molecule has 0 saturated carbocycles. The molecule has 21 heavy (non-hydrogen) atoms. The lowest BCUT2D eigenvalue weighted by Gasteiger charge is -2.07. The van der Waals surface area contributed by atoms with Gasteiger partial charge in [-0.2, -0.15) is 0 Å². The van der Waals surface area contributed by atoms with E-state index in [-0.39, 0.29) is 18.0 Å². The Hall–Kier alpha value is -2.71. The van der Waals surface area contributed by atoms with Crippen molar-refractivity contribution >= 4 is 5.91 Å². The highest BCUT2D eigenvalue weighted by Gasteiger charge is 2.07. The van der Waals surface area contributed by atoms with E-state index in [0.29, 0.717) is 6.54 Å². The van der Waals surface area contributed by atoms with Gasteiger partial charge in [-0.1, -0.05) is 30.0 Å². The largest absolute Gasteiger partial charge is 0.348 e. The minimum atomic E-state index is -0.545. The molecule has 0 bridgehead atoms. The van der Waals surface area contributed by atoms with Crippen molar-refractivity contribution in [3.63, 3.8) is 0 Å². The van der Waals surface area contributed by atoms with Crippen LogP contribution in [0, 0.1) is 17.7 Å². The highest BCUT2D eigenvalue weighted by Crippen LogP contribution is 2.08. The maximum absolute atomic E-state index is 13.0. The lowest BCUT2D eigenvalue weighted by Crippen LogP contribution is -2.23. The van der Waals surface area contributed by atoms with Gasteiger partial charge in [-0.05, 0) is 17.7 Å². The summed E-state index contributed by atoms with van der Waals surface area (Å²) in [7, 11) is 0. The third kappa shape index (κ3) is 4.13. The van der Waals surface area contributed by atoms with Crippen LogP contribution < -0.4 is 11.1 Å². The lowest BCUT2D eigenvalue weighted by molar-refractivity contribution is 0.0950. The summed E-state index contributed by atoms with van der Waals surface area (Å²) in [5.74, 6) is 4.79. The van der Waals surface area contributed by atoms with Crippen LogP contribution in [0.15, 0.2) is 42.7 Å². The van der Waals surface area contributed by atoms with Gasteiger partial charge in [0, 0.05) is 18.3 Å². The molecule has 0 unspecified atom stereocenters. The molecule has 1 heterocycles. The van der Waals surface area contributed by atoms with Crippen LogP contribution in [0.4, 0.5) is 4.39 Å². The third-order valence-electron chi connectivity index (χ3n) is 2.75. The Labute approximate surface area is 122 Å². The molecular weight excluding hydrogens is 269 g/mol. The van der Waals surface area contributed by atoms with Crippen molar-refractivity contribution in [1.29, 1.82) is 0 Å². The Balaban J connectivity index is 2.08. The van der Waals surface area contributed by atoms with Crippen LogP contribution in [0.1, 0.15) is 21.5 Å². The SMILES string of the molecule is NCC#Cc1ccccc1CNC(=O)c1cncc(F)c1. The lowest BCUT2D eigenvalue weighted by atomic mass is 10.1. The Morgan fingerprint density at radius 2 is 2.14 bits per heavy atom. The molecule has 0 aliphatic carbocycles. The number of nitrogens with zero attached hydrogens (tertiary/aromatic N) is 1. The quantitative estimate of drug-likeness (QED) is 0.838. The third-order valence-corrected chi connectivity index (χ3v) is 2.75. The van der Waals surface area contributed by atoms with Crippen LogP contribution in [0.3, 0.4) is 0 Å².